The Balaban J connectivity index is 1.91. The molecule has 0 atom stereocenters. The minimum atomic E-state index is -3.56. The lowest BCUT2D eigenvalue weighted by Crippen LogP contribution is -2.13. The molecule has 0 unspecified atom stereocenters. The first kappa shape index (κ1) is 13.9. The number of benzene rings is 2. The van der Waals surface area contributed by atoms with E-state index in [0.717, 1.165) is 30.4 Å². The predicted octanol–water partition coefficient (Wildman–Crippen LogP) is 2.87. The molecule has 2 aromatic carbocycles. The molecule has 1 aliphatic carbocycles. The van der Waals surface area contributed by atoms with Gasteiger partial charge in [-0.2, -0.15) is 0 Å². The molecular weight excluding hydrogens is 284 g/mol. The Morgan fingerprint density at radius 3 is 2.57 bits per heavy atom. The summed E-state index contributed by atoms with van der Waals surface area (Å²) >= 11 is 0. The van der Waals surface area contributed by atoms with Crippen molar-refractivity contribution in [3.63, 3.8) is 0 Å². The summed E-state index contributed by atoms with van der Waals surface area (Å²) in [4.78, 5) is 0.317. The molecular formula is C16H18N2O2S. The van der Waals surface area contributed by atoms with Crippen molar-refractivity contribution in [3.05, 3.63) is 53.1 Å². The van der Waals surface area contributed by atoms with Crippen LogP contribution in [0.2, 0.25) is 0 Å². The first-order valence-electron chi connectivity index (χ1n) is 6.96. The predicted molar refractivity (Wildman–Crippen MR) is 84.9 cm³/mol. The molecule has 0 aliphatic heterocycles. The van der Waals surface area contributed by atoms with Crippen molar-refractivity contribution in [2.75, 3.05) is 10.5 Å². The fourth-order valence-corrected chi connectivity index (χ4v) is 3.77. The van der Waals surface area contributed by atoms with Gasteiger partial charge in [0.2, 0.25) is 0 Å². The number of aryl methyl sites for hydroxylation is 3. The second-order valence-corrected chi connectivity index (χ2v) is 7.14. The van der Waals surface area contributed by atoms with Crippen LogP contribution in [0.3, 0.4) is 0 Å². The Labute approximate surface area is 125 Å². The number of nitrogen functional groups attached to an aromatic ring is 1. The molecule has 0 fully saturated rings. The van der Waals surface area contributed by atoms with Crippen LogP contribution in [0.5, 0.6) is 0 Å². The number of hydrogen-bond donors (Lipinski definition) is 2. The van der Waals surface area contributed by atoms with Crippen molar-refractivity contribution >= 4 is 21.4 Å². The average Bonchev–Trinajstić information content (AvgIpc) is 2.90. The molecule has 5 heteroatoms. The molecule has 0 heterocycles. The van der Waals surface area contributed by atoms with E-state index in [4.69, 9.17) is 5.73 Å². The second-order valence-electron chi connectivity index (χ2n) is 5.46. The highest BCUT2D eigenvalue weighted by molar-refractivity contribution is 7.92. The van der Waals surface area contributed by atoms with Crippen LogP contribution in [0.15, 0.2) is 41.3 Å². The highest BCUT2D eigenvalue weighted by atomic mass is 32.2. The molecule has 0 bridgehead atoms. The van der Waals surface area contributed by atoms with Gasteiger partial charge in [0.05, 0.1) is 4.90 Å². The maximum atomic E-state index is 12.5. The fourth-order valence-electron chi connectivity index (χ4n) is 2.67. The number of nitrogens with one attached hydrogen (secondary N) is 1. The third kappa shape index (κ3) is 2.74. The summed E-state index contributed by atoms with van der Waals surface area (Å²) in [6.45, 7) is 1.85. The van der Waals surface area contributed by atoms with Crippen molar-refractivity contribution in [2.45, 2.75) is 31.1 Å². The third-order valence-corrected chi connectivity index (χ3v) is 5.28. The quantitative estimate of drug-likeness (QED) is 0.856. The van der Waals surface area contributed by atoms with Gasteiger partial charge in [-0.15, -0.1) is 0 Å². The molecule has 0 saturated carbocycles. The van der Waals surface area contributed by atoms with Crippen LogP contribution in [0, 0.1) is 6.92 Å². The van der Waals surface area contributed by atoms with E-state index in [-0.39, 0.29) is 0 Å². The van der Waals surface area contributed by atoms with Gasteiger partial charge in [0.1, 0.15) is 0 Å². The topological polar surface area (TPSA) is 72.2 Å². The molecule has 2 aromatic rings. The Morgan fingerprint density at radius 1 is 1.05 bits per heavy atom. The normalized spacial score (nSPS) is 14.0. The van der Waals surface area contributed by atoms with E-state index >= 15 is 0 Å². The zero-order chi connectivity index (χ0) is 15.0. The van der Waals surface area contributed by atoms with Gasteiger partial charge in [0, 0.05) is 11.4 Å². The summed E-state index contributed by atoms with van der Waals surface area (Å²) in [6.07, 6.45) is 3.10. The maximum absolute atomic E-state index is 12.5. The number of sulfonamides is 1. The van der Waals surface area contributed by atoms with Gasteiger partial charge in [0.25, 0.3) is 10.0 Å². The minimum absolute atomic E-state index is 0.317. The van der Waals surface area contributed by atoms with E-state index < -0.39 is 10.0 Å². The van der Waals surface area contributed by atoms with Crippen LogP contribution in [0.25, 0.3) is 0 Å². The lowest BCUT2D eigenvalue weighted by molar-refractivity contribution is 0.601. The van der Waals surface area contributed by atoms with Crippen LogP contribution in [0.4, 0.5) is 11.4 Å². The van der Waals surface area contributed by atoms with E-state index in [9.17, 15) is 8.42 Å². The second kappa shape index (κ2) is 5.07. The van der Waals surface area contributed by atoms with Crippen LogP contribution < -0.4 is 10.5 Å². The van der Waals surface area contributed by atoms with Gasteiger partial charge in [-0.1, -0.05) is 6.07 Å². The number of anilines is 2. The van der Waals surface area contributed by atoms with Crippen LogP contribution in [-0.2, 0) is 22.9 Å². The SMILES string of the molecule is Cc1cc(NS(=O)(=O)c2ccc3c(c2)CCC3)ccc1N. The van der Waals surface area contributed by atoms with Crippen LogP contribution in [0.1, 0.15) is 23.1 Å². The molecule has 0 aromatic heterocycles. The summed E-state index contributed by atoms with van der Waals surface area (Å²) in [7, 11) is -3.56. The largest absolute Gasteiger partial charge is 0.399 e. The molecule has 4 nitrogen and oxygen atoms in total. The maximum Gasteiger partial charge on any atom is 0.261 e. The summed E-state index contributed by atoms with van der Waals surface area (Å²) in [6, 6.07) is 10.5. The monoisotopic (exact) mass is 302 g/mol. The van der Waals surface area contributed by atoms with Gasteiger partial charge >= 0.3 is 0 Å². The Kier molecular flexibility index (Phi) is 3.37. The molecule has 110 valence electrons. The fraction of sp³-hybridized carbons (Fsp3) is 0.250. The molecule has 0 radical (unpaired) electrons. The van der Waals surface area contributed by atoms with Gasteiger partial charge < -0.3 is 5.73 Å². The molecule has 3 N–H and O–H groups in total. The number of hydrogen-bond acceptors (Lipinski definition) is 3. The van der Waals surface area contributed by atoms with Gasteiger partial charge in [-0.3, -0.25) is 4.72 Å². The first-order chi connectivity index (χ1) is 9.95. The molecule has 3 rings (SSSR count). The van der Waals surface area contributed by atoms with Crippen molar-refractivity contribution in [2.24, 2.45) is 0 Å². The molecule has 1 aliphatic rings. The lowest BCUT2D eigenvalue weighted by atomic mass is 10.1. The Hall–Kier alpha value is -2.01. The summed E-state index contributed by atoms with van der Waals surface area (Å²) in [5.41, 5.74) is 10.2. The van der Waals surface area contributed by atoms with Crippen LogP contribution in [-0.4, -0.2) is 8.42 Å². The highest BCUT2D eigenvalue weighted by Crippen LogP contribution is 2.26. The molecule has 0 saturated heterocycles. The van der Waals surface area contributed by atoms with E-state index in [1.54, 1.807) is 30.3 Å². The number of fused-ring (bicyclic) bond motifs is 1. The molecule has 21 heavy (non-hydrogen) atoms. The Morgan fingerprint density at radius 2 is 1.81 bits per heavy atom. The minimum Gasteiger partial charge on any atom is -0.399 e. The van der Waals surface area contributed by atoms with Crippen molar-refractivity contribution in [3.8, 4) is 0 Å². The van der Waals surface area contributed by atoms with E-state index in [1.807, 2.05) is 13.0 Å². The number of nitrogens with two attached hydrogens (primary N) is 1. The molecule has 0 spiro atoms. The zero-order valence-corrected chi connectivity index (χ0v) is 12.7. The van der Waals surface area contributed by atoms with Gasteiger partial charge in [-0.25, -0.2) is 8.42 Å². The first-order valence-corrected chi connectivity index (χ1v) is 8.45. The summed E-state index contributed by atoms with van der Waals surface area (Å²) in [5.74, 6) is 0. The smallest absolute Gasteiger partial charge is 0.261 e. The van der Waals surface area contributed by atoms with Crippen molar-refractivity contribution < 1.29 is 8.42 Å². The third-order valence-electron chi connectivity index (χ3n) is 3.90. The van der Waals surface area contributed by atoms with Crippen molar-refractivity contribution in [1.82, 2.24) is 0 Å². The van der Waals surface area contributed by atoms with Crippen LogP contribution >= 0.6 is 0 Å². The Bertz CT molecular complexity index is 798. The van der Waals surface area contributed by atoms with E-state index in [1.165, 1.54) is 5.56 Å². The van der Waals surface area contributed by atoms with Gasteiger partial charge in [0.15, 0.2) is 0 Å². The van der Waals surface area contributed by atoms with E-state index in [2.05, 4.69) is 4.72 Å². The highest BCUT2D eigenvalue weighted by Gasteiger charge is 2.18. The van der Waals surface area contributed by atoms with Gasteiger partial charge in [-0.05, 0) is 73.2 Å². The standard InChI is InChI=1S/C16H18N2O2S/c1-11-9-14(6-8-16(11)17)18-21(19,20)15-7-5-12-3-2-4-13(12)10-15/h5-10,18H,2-4,17H2,1H3. The number of rotatable bonds is 3. The van der Waals surface area contributed by atoms with E-state index in [0.29, 0.717) is 16.3 Å². The molecule has 0 amide bonds. The average molecular weight is 302 g/mol. The lowest BCUT2D eigenvalue weighted by Gasteiger charge is -2.11. The summed E-state index contributed by atoms with van der Waals surface area (Å²) < 4.78 is 27.5. The zero-order valence-electron chi connectivity index (χ0n) is 11.9. The van der Waals surface area contributed by atoms with Crippen molar-refractivity contribution in [1.29, 1.82) is 0 Å². The summed E-state index contributed by atoms with van der Waals surface area (Å²) in [5, 5.41) is 0.